The Balaban J connectivity index is 2.03. The number of nitrogens with two attached hydrogens (primary N) is 1. The Labute approximate surface area is 143 Å². The number of Topliss-reactive ketones (excluding diaryl/α,β-unsaturated/α-hetero) is 1. The molecular formula is C18H27N3O3. The number of carbonyl (C=O) groups excluding carboxylic acids is 2. The van der Waals surface area contributed by atoms with Crippen molar-refractivity contribution in [2.75, 3.05) is 23.7 Å². The molecule has 1 unspecified atom stereocenters. The number of amides is 1. The van der Waals surface area contributed by atoms with E-state index in [1.54, 1.807) is 12.1 Å². The van der Waals surface area contributed by atoms with Gasteiger partial charge in [0.2, 0.25) is 0 Å². The first kappa shape index (κ1) is 18.1. The zero-order chi connectivity index (χ0) is 17.9. The number of nitrogens with zero attached hydrogens (tertiary/aromatic N) is 1. The van der Waals surface area contributed by atoms with Crippen LogP contribution in [0.3, 0.4) is 0 Å². The molecule has 6 heteroatoms. The summed E-state index contributed by atoms with van der Waals surface area (Å²) in [7, 11) is 0. The first-order valence-electron chi connectivity index (χ1n) is 8.30. The number of nitrogen functional groups attached to an aromatic ring is 1. The van der Waals surface area contributed by atoms with E-state index in [-0.39, 0.29) is 11.8 Å². The quantitative estimate of drug-likeness (QED) is 0.656. The van der Waals surface area contributed by atoms with Crippen LogP contribution in [-0.2, 0) is 4.74 Å². The van der Waals surface area contributed by atoms with Crippen molar-refractivity contribution in [1.82, 2.24) is 5.32 Å². The number of alkyl carbamates (subject to hydrolysis) is 1. The molecule has 0 aromatic heterocycles. The summed E-state index contributed by atoms with van der Waals surface area (Å²) in [5, 5.41) is 2.93. The lowest BCUT2D eigenvalue weighted by Crippen LogP contribution is -2.49. The molecular weight excluding hydrogens is 306 g/mol. The lowest BCUT2D eigenvalue weighted by molar-refractivity contribution is 0.0500. The number of benzene rings is 1. The minimum absolute atomic E-state index is 0.00337. The van der Waals surface area contributed by atoms with Gasteiger partial charge in [-0.2, -0.15) is 0 Å². The van der Waals surface area contributed by atoms with Crippen LogP contribution < -0.4 is 16.0 Å². The van der Waals surface area contributed by atoms with Crippen molar-refractivity contribution in [3.63, 3.8) is 0 Å². The molecule has 6 nitrogen and oxygen atoms in total. The summed E-state index contributed by atoms with van der Waals surface area (Å²) in [5.41, 5.74) is 7.70. The topological polar surface area (TPSA) is 84.7 Å². The van der Waals surface area contributed by atoms with E-state index in [1.165, 1.54) is 6.92 Å². The minimum atomic E-state index is -0.509. The number of ketones is 1. The van der Waals surface area contributed by atoms with Crippen molar-refractivity contribution in [1.29, 1.82) is 0 Å². The third-order valence-electron chi connectivity index (χ3n) is 3.92. The second kappa shape index (κ2) is 7.11. The molecule has 2 rings (SSSR count). The van der Waals surface area contributed by atoms with E-state index in [0.717, 1.165) is 25.1 Å². The van der Waals surface area contributed by atoms with Crippen molar-refractivity contribution in [2.24, 2.45) is 0 Å². The van der Waals surface area contributed by atoms with Crippen LogP contribution in [0.25, 0.3) is 0 Å². The highest BCUT2D eigenvalue weighted by Crippen LogP contribution is 2.27. The maximum absolute atomic E-state index is 11.9. The summed E-state index contributed by atoms with van der Waals surface area (Å²) in [6, 6.07) is 5.39. The highest BCUT2D eigenvalue weighted by molar-refractivity contribution is 5.96. The molecule has 1 aromatic carbocycles. The molecule has 1 atom stereocenters. The van der Waals surface area contributed by atoms with Crippen LogP contribution in [-0.4, -0.2) is 36.6 Å². The molecule has 1 aliphatic heterocycles. The number of hydrogen-bond acceptors (Lipinski definition) is 5. The van der Waals surface area contributed by atoms with Crippen molar-refractivity contribution in [2.45, 2.75) is 52.2 Å². The molecule has 132 valence electrons. The Morgan fingerprint density at radius 2 is 2.04 bits per heavy atom. The predicted octanol–water partition coefficient (Wildman–Crippen LogP) is 2.96. The number of hydrogen-bond donors (Lipinski definition) is 2. The molecule has 0 saturated carbocycles. The molecule has 0 radical (unpaired) electrons. The fourth-order valence-electron chi connectivity index (χ4n) is 2.85. The lowest BCUT2D eigenvalue weighted by atomic mass is 10.0. The fourth-order valence-corrected chi connectivity index (χ4v) is 2.85. The van der Waals surface area contributed by atoms with Gasteiger partial charge < -0.3 is 20.7 Å². The number of ether oxygens (including phenoxy) is 1. The van der Waals surface area contributed by atoms with Gasteiger partial charge in [-0.3, -0.25) is 4.79 Å². The SMILES string of the molecule is CC(=O)c1ccc(N2CCCC(NC(=O)OC(C)(C)C)C2)c(N)c1. The monoisotopic (exact) mass is 333 g/mol. The van der Waals surface area contributed by atoms with Gasteiger partial charge in [-0.05, 0) is 58.7 Å². The van der Waals surface area contributed by atoms with Crippen molar-refractivity contribution in [3.05, 3.63) is 23.8 Å². The second-order valence-electron chi connectivity index (χ2n) is 7.26. The fraction of sp³-hybridized carbons (Fsp3) is 0.556. The Morgan fingerprint density at radius 3 is 2.62 bits per heavy atom. The average molecular weight is 333 g/mol. The lowest BCUT2D eigenvalue weighted by Gasteiger charge is -2.35. The van der Waals surface area contributed by atoms with Crippen molar-refractivity contribution >= 4 is 23.3 Å². The number of anilines is 2. The third-order valence-corrected chi connectivity index (χ3v) is 3.92. The van der Waals surface area contributed by atoms with E-state index in [0.29, 0.717) is 17.8 Å². The molecule has 1 aromatic rings. The molecule has 1 amide bonds. The zero-order valence-electron chi connectivity index (χ0n) is 14.9. The van der Waals surface area contributed by atoms with Gasteiger partial charge in [0.05, 0.1) is 11.4 Å². The summed E-state index contributed by atoms with van der Waals surface area (Å²) < 4.78 is 5.32. The number of carbonyl (C=O) groups is 2. The van der Waals surface area contributed by atoms with E-state index < -0.39 is 11.7 Å². The average Bonchev–Trinajstić information content (AvgIpc) is 2.45. The van der Waals surface area contributed by atoms with Gasteiger partial charge in [0.15, 0.2) is 5.78 Å². The summed E-state index contributed by atoms with van der Waals surface area (Å²) in [6.45, 7) is 8.60. The minimum Gasteiger partial charge on any atom is -0.444 e. The number of rotatable bonds is 3. The van der Waals surface area contributed by atoms with Crippen LogP contribution >= 0.6 is 0 Å². The smallest absolute Gasteiger partial charge is 0.407 e. The van der Waals surface area contributed by atoms with Gasteiger partial charge >= 0.3 is 6.09 Å². The van der Waals surface area contributed by atoms with Crippen molar-refractivity contribution in [3.8, 4) is 0 Å². The predicted molar refractivity (Wildman–Crippen MR) is 95.5 cm³/mol. The van der Waals surface area contributed by atoms with Gasteiger partial charge in [-0.25, -0.2) is 4.79 Å². The molecule has 1 saturated heterocycles. The molecule has 1 aliphatic rings. The van der Waals surface area contributed by atoms with Crippen LogP contribution in [0.4, 0.5) is 16.2 Å². The van der Waals surface area contributed by atoms with Crippen LogP contribution in [0.15, 0.2) is 18.2 Å². The largest absolute Gasteiger partial charge is 0.444 e. The zero-order valence-corrected chi connectivity index (χ0v) is 14.9. The Hall–Kier alpha value is -2.24. The first-order valence-corrected chi connectivity index (χ1v) is 8.30. The highest BCUT2D eigenvalue weighted by Gasteiger charge is 2.25. The van der Waals surface area contributed by atoms with Gasteiger partial charge in [0, 0.05) is 24.7 Å². The van der Waals surface area contributed by atoms with Gasteiger partial charge in [0.1, 0.15) is 5.60 Å². The molecule has 1 fully saturated rings. The standard InChI is InChI=1S/C18H27N3O3/c1-12(22)13-7-8-16(15(19)10-13)21-9-5-6-14(11-21)20-17(23)24-18(2,3)4/h7-8,10,14H,5-6,9,11,19H2,1-4H3,(H,20,23). The van der Waals surface area contributed by atoms with E-state index in [9.17, 15) is 9.59 Å². The Morgan fingerprint density at radius 1 is 1.33 bits per heavy atom. The Kier molecular flexibility index (Phi) is 5.36. The molecule has 1 heterocycles. The first-order chi connectivity index (χ1) is 11.2. The summed E-state index contributed by atoms with van der Waals surface area (Å²) in [5.74, 6) is -0.00337. The second-order valence-corrected chi connectivity index (χ2v) is 7.26. The highest BCUT2D eigenvalue weighted by atomic mass is 16.6. The molecule has 24 heavy (non-hydrogen) atoms. The molecule has 0 spiro atoms. The van der Waals surface area contributed by atoms with Gasteiger partial charge in [-0.15, -0.1) is 0 Å². The number of nitrogens with one attached hydrogen (secondary N) is 1. The molecule has 3 N–H and O–H groups in total. The van der Waals surface area contributed by atoms with Crippen LogP contribution in [0, 0.1) is 0 Å². The third kappa shape index (κ3) is 4.88. The van der Waals surface area contributed by atoms with Crippen molar-refractivity contribution < 1.29 is 14.3 Å². The summed E-state index contributed by atoms with van der Waals surface area (Å²) in [6.07, 6.45) is 1.46. The molecule has 0 aliphatic carbocycles. The Bertz CT molecular complexity index is 622. The van der Waals surface area contributed by atoms with Gasteiger partial charge in [0.25, 0.3) is 0 Å². The normalized spacial score (nSPS) is 18.2. The van der Waals surface area contributed by atoms with E-state index in [1.807, 2.05) is 26.8 Å². The maximum atomic E-state index is 11.9. The maximum Gasteiger partial charge on any atom is 0.407 e. The number of piperidine rings is 1. The van der Waals surface area contributed by atoms with Crippen LogP contribution in [0.5, 0.6) is 0 Å². The molecule has 0 bridgehead atoms. The summed E-state index contributed by atoms with van der Waals surface area (Å²) in [4.78, 5) is 25.5. The van der Waals surface area contributed by atoms with Crippen LogP contribution in [0.2, 0.25) is 0 Å². The van der Waals surface area contributed by atoms with E-state index in [2.05, 4.69) is 10.2 Å². The van der Waals surface area contributed by atoms with Gasteiger partial charge in [-0.1, -0.05) is 0 Å². The van der Waals surface area contributed by atoms with E-state index in [4.69, 9.17) is 10.5 Å². The van der Waals surface area contributed by atoms with Crippen LogP contribution in [0.1, 0.15) is 50.9 Å². The summed E-state index contributed by atoms with van der Waals surface area (Å²) >= 11 is 0. The van der Waals surface area contributed by atoms with E-state index >= 15 is 0 Å².